The molecule has 3 aliphatic carbocycles. The van der Waals surface area contributed by atoms with Gasteiger partial charge >= 0.3 is 18.2 Å². The van der Waals surface area contributed by atoms with E-state index in [0.29, 0.717) is 30.3 Å². The van der Waals surface area contributed by atoms with Crippen molar-refractivity contribution in [3.8, 4) is 0 Å². The van der Waals surface area contributed by atoms with Crippen molar-refractivity contribution in [3.63, 3.8) is 0 Å². The van der Waals surface area contributed by atoms with Gasteiger partial charge in [0.2, 0.25) is 5.91 Å². The number of ether oxygens (including phenoxy) is 1. The number of amides is 2. The number of nitrogens with zero attached hydrogens (tertiary/aromatic N) is 3. The van der Waals surface area contributed by atoms with Gasteiger partial charge in [0.1, 0.15) is 11.6 Å². The number of piperidine rings is 3. The first-order valence-corrected chi connectivity index (χ1v) is 11.8. The first kappa shape index (κ1) is 21.5. The van der Waals surface area contributed by atoms with Gasteiger partial charge in [-0.25, -0.2) is 16.2 Å². The number of hydrogen-bond donors (Lipinski definition) is 2. The zero-order valence-electron chi connectivity index (χ0n) is 18.9. The van der Waals surface area contributed by atoms with Crippen LogP contribution in [0.3, 0.4) is 0 Å². The summed E-state index contributed by atoms with van der Waals surface area (Å²) in [6.45, 7) is 12.5. The number of likely N-dealkylation sites (tertiary alicyclic amines) is 2. The van der Waals surface area contributed by atoms with Crippen LogP contribution in [0.2, 0.25) is 0 Å². The third kappa shape index (κ3) is 3.94. The Morgan fingerprint density at radius 1 is 0.969 bits per heavy atom. The molecular formula is C23H32N4O5. The Labute approximate surface area is 188 Å². The zero-order chi connectivity index (χ0) is 22.9. The molecular weight excluding hydrogens is 412 g/mol. The van der Waals surface area contributed by atoms with Crippen molar-refractivity contribution in [3.05, 3.63) is 11.4 Å². The molecule has 0 aromatic rings. The molecule has 3 heterocycles. The van der Waals surface area contributed by atoms with Gasteiger partial charge in [-0.1, -0.05) is 0 Å². The van der Waals surface area contributed by atoms with Crippen molar-refractivity contribution < 1.29 is 24.2 Å². The van der Waals surface area contributed by atoms with Crippen LogP contribution in [0, 0.1) is 24.3 Å². The molecule has 32 heavy (non-hydrogen) atoms. The summed E-state index contributed by atoms with van der Waals surface area (Å²) in [4.78, 5) is 42.1. The fourth-order valence-electron chi connectivity index (χ4n) is 5.80. The van der Waals surface area contributed by atoms with Gasteiger partial charge in [-0.2, -0.15) is 0 Å². The van der Waals surface area contributed by atoms with Gasteiger partial charge in [-0.05, 0) is 70.6 Å². The number of hydrogen-bond acceptors (Lipinski definition) is 5. The molecule has 2 amide bonds. The molecule has 6 aliphatic rings. The molecule has 3 saturated carbocycles. The topological polar surface area (TPSA) is 104 Å². The highest BCUT2D eigenvalue weighted by molar-refractivity contribution is 5.84. The van der Waals surface area contributed by atoms with Crippen LogP contribution in [0.4, 0.5) is 4.79 Å². The van der Waals surface area contributed by atoms with Crippen LogP contribution in [0.15, 0.2) is 0 Å². The molecule has 9 nitrogen and oxygen atoms in total. The average Bonchev–Trinajstić information content (AvgIpc) is 3.68. The maximum Gasteiger partial charge on any atom is 0.411 e. The van der Waals surface area contributed by atoms with Crippen molar-refractivity contribution in [2.75, 3.05) is 0 Å². The maximum atomic E-state index is 12.3. The van der Waals surface area contributed by atoms with Gasteiger partial charge in [0.15, 0.2) is 0 Å². The molecule has 0 radical (unpaired) electrons. The number of carboxylic acid groups (broad SMARTS) is 1. The highest BCUT2D eigenvalue weighted by Gasteiger charge is 2.60. The molecule has 174 valence electrons. The fraction of sp³-hybridized carbons (Fsp3) is 0.826. The second-order valence-electron chi connectivity index (χ2n) is 11.3. The summed E-state index contributed by atoms with van der Waals surface area (Å²) >= 11 is 0. The normalized spacial score (nSPS) is 42.0. The first-order valence-electron chi connectivity index (χ1n) is 11.8. The minimum absolute atomic E-state index is 0.0207. The van der Waals surface area contributed by atoms with E-state index >= 15 is 0 Å². The Kier molecular flexibility index (Phi) is 4.93. The van der Waals surface area contributed by atoms with Crippen molar-refractivity contribution in [2.24, 2.45) is 17.8 Å². The van der Waals surface area contributed by atoms with Gasteiger partial charge in [0.05, 0.1) is 6.04 Å². The maximum absolute atomic E-state index is 12.3. The van der Waals surface area contributed by atoms with E-state index in [0.717, 1.165) is 31.6 Å². The van der Waals surface area contributed by atoms with E-state index in [-0.39, 0.29) is 24.2 Å². The third-order valence-corrected chi connectivity index (χ3v) is 7.65. The van der Waals surface area contributed by atoms with E-state index in [1.54, 1.807) is 20.8 Å². The molecule has 9 atom stereocenters. The van der Waals surface area contributed by atoms with Crippen molar-refractivity contribution in [1.82, 2.24) is 15.1 Å². The fourth-order valence-corrected chi connectivity index (χ4v) is 5.80. The Morgan fingerprint density at radius 2 is 1.62 bits per heavy atom. The van der Waals surface area contributed by atoms with Crippen LogP contribution < -0.4 is 5.32 Å². The molecule has 3 unspecified atom stereocenters. The van der Waals surface area contributed by atoms with E-state index < -0.39 is 23.7 Å². The molecule has 0 bridgehead atoms. The van der Waals surface area contributed by atoms with E-state index in [9.17, 15) is 14.4 Å². The zero-order valence-corrected chi connectivity index (χ0v) is 18.9. The molecule has 9 heteroatoms. The summed E-state index contributed by atoms with van der Waals surface area (Å²) in [6, 6.07) is 0.435. The highest BCUT2D eigenvalue weighted by Crippen LogP contribution is 2.50. The number of carbonyl (C=O) groups is 3. The van der Waals surface area contributed by atoms with Gasteiger partial charge in [0.25, 0.3) is 0 Å². The molecule has 0 aromatic heterocycles. The average molecular weight is 445 g/mol. The minimum atomic E-state index is -0.932. The Hall–Kier alpha value is -2.34. The minimum Gasteiger partial charge on any atom is -0.480 e. The standard InChI is InChI=1S/C12H15N3O.C11H17NO4/c1-13-11-5-7-4-10(7)15(11)12(16)9-3-6-2-8(6)14-9;1-11(2,3)16-10(15)12-7-4-6(7)5-8(12)9(13)14/h6-11,14H,2-5H2;6-8H,4-5H2,1-3H3,(H,13,14)/t6-,7-,8?,9-,10?,11-;6-,7?,8-/m00/s1. The monoisotopic (exact) mass is 444 g/mol. The Bertz CT molecular complexity index is 869. The SMILES string of the molecule is CC(C)(C)OC(=O)N1C2C[C@H]2C[C@H]1C(=O)O.[C-]#[N+][C@@H]1C[C@@H]2CC2N1C(=O)[C@@H]1C[C@@H]2CC2N1. The Morgan fingerprint density at radius 3 is 2.19 bits per heavy atom. The van der Waals surface area contributed by atoms with Gasteiger partial charge in [0, 0.05) is 24.5 Å². The van der Waals surface area contributed by atoms with Crippen molar-refractivity contribution >= 4 is 18.0 Å². The summed E-state index contributed by atoms with van der Waals surface area (Å²) in [5.41, 5.74) is -0.576. The number of rotatable bonds is 2. The van der Waals surface area contributed by atoms with E-state index in [1.807, 2.05) is 4.90 Å². The first-order chi connectivity index (χ1) is 15.1. The summed E-state index contributed by atoms with van der Waals surface area (Å²) in [6.07, 6.45) is 5.14. The van der Waals surface area contributed by atoms with E-state index in [1.165, 1.54) is 11.3 Å². The summed E-state index contributed by atoms with van der Waals surface area (Å²) in [7, 11) is 0. The number of aliphatic carboxylic acids is 1. The molecule has 0 spiro atoms. The van der Waals surface area contributed by atoms with Crippen LogP contribution >= 0.6 is 0 Å². The largest absolute Gasteiger partial charge is 0.480 e. The van der Waals surface area contributed by atoms with Crippen LogP contribution in [0.5, 0.6) is 0 Å². The lowest BCUT2D eigenvalue weighted by atomic mass is 10.1. The van der Waals surface area contributed by atoms with Crippen molar-refractivity contribution in [1.29, 1.82) is 0 Å². The van der Waals surface area contributed by atoms with Crippen LogP contribution in [0.25, 0.3) is 4.85 Å². The lowest BCUT2D eigenvalue weighted by molar-refractivity contribution is -0.142. The molecule has 3 saturated heterocycles. The molecule has 6 fully saturated rings. The van der Waals surface area contributed by atoms with Crippen molar-refractivity contribution in [2.45, 2.75) is 101 Å². The van der Waals surface area contributed by atoms with E-state index in [2.05, 4.69) is 10.2 Å². The molecule has 3 aliphatic heterocycles. The number of carboxylic acids is 1. The van der Waals surface area contributed by atoms with Crippen LogP contribution in [-0.4, -0.2) is 74.9 Å². The van der Waals surface area contributed by atoms with Gasteiger partial charge in [-0.3, -0.25) is 19.4 Å². The smallest absolute Gasteiger partial charge is 0.411 e. The summed E-state index contributed by atoms with van der Waals surface area (Å²) in [5.74, 6) is 1.03. The van der Waals surface area contributed by atoms with Crippen LogP contribution in [0.1, 0.15) is 59.3 Å². The lowest BCUT2D eigenvalue weighted by Crippen LogP contribution is -2.47. The number of nitrogens with one attached hydrogen (secondary N) is 1. The second kappa shape index (κ2) is 7.34. The molecule has 2 N–H and O–H groups in total. The van der Waals surface area contributed by atoms with Crippen LogP contribution in [-0.2, 0) is 14.3 Å². The number of carbonyl (C=O) groups excluding carboxylic acids is 2. The highest BCUT2D eigenvalue weighted by atomic mass is 16.6. The predicted molar refractivity (Wildman–Crippen MR) is 113 cm³/mol. The number of fused-ring (bicyclic) bond motifs is 3. The predicted octanol–water partition coefficient (Wildman–Crippen LogP) is 2.07. The van der Waals surface area contributed by atoms with Gasteiger partial charge in [-0.15, -0.1) is 0 Å². The summed E-state index contributed by atoms with van der Waals surface area (Å²) in [5, 5.41) is 12.4. The molecule has 6 rings (SSSR count). The van der Waals surface area contributed by atoms with Gasteiger partial charge < -0.3 is 15.2 Å². The second-order valence-corrected chi connectivity index (χ2v) is 11.3. The Balaban J connectivity index is 0.000000135. The lowest BCUT2D eigenvalue weighted by Gasteiger charge is -2.28. The summed E-state index contributed by atoms with van der Waals surface area (Å²) < 4.78 is 5.22. The van der Waals surface area contributed by atoms with E-state index in [4.69, 9.17) is 16.4 Å². The molecule has 0 aromatic carbocycles. The third-order valence-electron chi connectivity index (χ3n) is 7.65. The quantitative estimate of drug-likeness (QED) is 0.632.